The second kappa shape index (κ2) is 9.66. The molecular formula is C24H24F3N3O5S. The summed E-state index contributed by atoms with van der Waals surface area (Å²) in [7, 11) is -3.86. The number of piperidine rings is 1. The molecule has 0 bridgehead atoms. The maximum atomic E-state index is 13.0. The summed E-state index contributed by atoms with van der Waals surface area (Å²) < 4.78 is 63.6. The number of hydrogen-bond acceptors (Lipinski definition) is 6. The number of sulfone groups is 1. The van der Waals surface area contributed by atoms with E-state index < -0.39 is 40.0 Å². The molecule has 8 nitrogen and oxygen atoms in total. The number of rotatable bonds is 6. The number of para-hydroxylation sites is 1. The van der Waals surface area contributed by atoms with Gasteiger partial charge in [0.1, 0.15) is 0 Å². The van der Waals surface area contributed by atoms with Crippen LogP contribution in [0.15, 0.2) is 58.5 Å². The smallest absolute Gasteiger partial charge is 0.389 e. The highest BCUT2D eigenvalue weighted by molar-refractivity contribution is 7.90. The fourth-order valence-electron chi connectivity index (χ4n) is 4.30. The number of carbonyl (C=O) groups excluding carboxylic acids is 1. The van der Waals surface area contributed by atoms with Crippen molar-refractivity contribution in [2.45, 2.75) is 48.1 Å². The summed E-state index contributed by atoms with van der Waals surface area (Å²) in [5, 5.41) is 10.6. The average molecular weight is 524 g/mol. The van der Waals surface area contributed by atoms with Gasteiger partial charge in [-0.1, -0.05) is 18.2 Å². The van der Waals surface area contributed by atoms with Gasteiger partial charge in [0.15, 0.2) is 9.84 Å². The molecule has 3 aromatic rings. The van der Waals surface area contributed by atoms with Crippen molar-refractivity contribution in [3.05, 3.63) is 70.3 Å². The highest BCUT2D eigenvalue weighted by Crippen LogP contribution is 2.32. The Morgan fingerprint density at radius 3 is 2.42 bits per heavy atom. The van der Waals surface area contributed by atoms with Gasteiger partial charge in [-0.25, -0.2) is 13.4 Å². The van der Waals surface area contributed by atoms with Crippen molar-refractivity contribution in [3.8, 4) is 0 Å². The average Bonchev–Trinajstić information content (AvgIpc) is 2.83. The highest BCUT2D eigenvalue weighted by atomic mass is 32.2. The summed E-state index contributed by atoms with van der Waals surface area (Å²) in [6.07, 6.45) is -4.59. The van der Waals surface area contributed by atoms with Crippen LogP contribution in [0.1, 0.15) is 41.6 Å². The van der Waals surface area contributed by atoms with Gasteiger partial charge in [-0.05, 0) is 49.1 Å². The van der Waals surface area contributed by atoms with Gasteiger partial charge in [0.25, 0.3) is 11.5 Å². The molecule has 2 heterocycles. The van der Waals surface area contributed by atoms with Gasteiger partial charge >= 0.3 is 6.18 Å². The van der Waals surface area contributed by atoms with E-state index >= 15 is 0 Å². The first-order chi connectivity index (χ1) is 16.9. The Morgan fingerprint density at radius 2 is 1.78 bits per heavy atom. The number of likely N-dealkylation sites (tertiary alicyclic amines) is 1. The van der Waals surface area contributed by atoms with Crippen molar-refractivity contribution in [3.63, 3.8) is 0 Å². The minimum absolute atomic E-state index is 0.0487. The van der Waals surface area contributed by atoms with Crippen LogP contribution in [0.2, 0.25) is 0 Å². The Morgan fingerprint density at radius 1 is 1.11 bits per heavy atom. The van der Waals surface area contributed by atoms with Gasteiger partial charge in [0.05, 0.1) is 33.5 Å². The summed E-state index contributed by atoms with van der Waals surface area (Å²) in [5.41, 5.74) is -1.10. The number of alkyl halides is 3. The number of H-pyrrole nitrogens is 1. The predicted molar refractivity (Wildman–Crippen MR) is 125 cm³/mol. The number of hydrogen-bond donors (Lipinski definition) is 2. The molecule has 12 heteroatoms. The van der Waals surface area contributed by atoms with E-state index in [1.165, 1.54) is 47.4 Å². The molecule has 192 valence electrons. The van der Waals surface area contributed by atoms with Crippen LogP contribution in [0.25, 0.3) is 10.9 Å². The van der Waals surface area contributed by atoms with Crippen molar-refractivity contribution in [2.75, 3.05) is 13.1 Å². The lowest BCUT2D eigenvalue weighted by atomic mass is 9.86. The van der Waals surface area contributed by atoms with Gasteiger partial charge in [-0.3, -0.25) is 9.59 Å². The Balaban J connectivity index is 1.43. The van der Waals surface area contributed by atoms with Crippen LogP contribution in [-0.2, 0) is 15.6 Å². The molecule has 0 saturated carbocycles. The third-order valence-corrected chi connectivity index (χ3v) is 8.09. The molecule has 0 radical (unpaired) electrons. The van der Waals surface area contributed by atoms with Crippen LogP contribution in [-0.4, -0.2) is 59.2 Å². The number of halogens is 3. The third-order valence-electron chi connectivity index (χ3n) is 6.38. The first-order valence-corrected chi connectivity index (χ1v) is 12.9. The van der Waals surface area contributed by atoms with Crippen LogP contribution in [0.3, 0.4) is 0 Å². The molecule has 1 amide bonds. The fourth-order valence-corrected chi connectivity index (χ4v) is 5.83. The monoisotopic (exact) mass is 523 g/mol. The zero-order valence-corrected chi connectivity index (χ0v) is 19.9. The number of fused-ring (bicyclic) bond motifs is 1. The number of aromatic nitrogens is 2. The van der Waals surface area contributed by atoms with E-state index in [2.05, 4.69) is 9.97 Å². The minimum Gasteiger partial charge on any atom is -0.390 e. The number of nitrogens with zero attached hydrogens (tertiary/aromatic N) is 2. The van der Waals surface area contributed by atoms with Crippen LogP contribution in [0, 0.1) is 0 Å². The number of benzene rings is 2. The van der Waals surface area contributed by atoms with E-state index in [1.807, 2.05) is 0 Å². The normalized spacial score (nSPS) is 16.3. The van der Waals surface area contributed by atoms with Gasteiger partial charge in [0.2, 0.25) is 0 Å². The number of aromatic amines is 1. The molecule has 0 spiro atoms. The summed E-state index contributed by atoms with van der Waals surface area (Å²) in [6.45, 7) is 0.243. The van der Waals surface area contributed by atoms with Crippen LogP contribution >= 0.6 is 0 Å². The molecule has 1 aliphatic heterocycles. The quantitative estimate of drug-likeness (QED) is 0.512. The van der Waals surface area contributed by atoms with Crippen LogP contribution in [0.5, 0.6) is 0 Å². The molecule has 1 fully saturated rings. The molecule has 4 rings (SSSR count). The van der Waals surface area contributed by atoms with Crippen molar-refractivity contribution >= 4 is 26.6 Å². The first-order valence-electron chi connectivity index (χ1n) is 11.2. The summed E-state index contributed by atoms with van der Waals surface area (Å²) in [5.74, 6) is -0.717. The molecule has 1 saturated heterocycles. The topological polar surface area (TPSA) is 120 Å². The fraction of sp³-hybridized carbons (Fsp3) is 0.375. The molecule has 36 heavy (non-hydrogen) atoms. The summed E-state index contributed by atoms with van der Waals surface area (Å²) in [6, 6.07) is 10.3. The third kappa shape index (κ3) is 5.76. The Kier molecular flexibility index (Phi) is 6.93. The molecule has 1 aliphatic rings. The highest BCUT2D eigenvalue weighted by Gasteiger charge is 2.38. The Bertz CT molecular complexity index is 1430. The molecule has 0 aliphatic carbocycles. The second-order valence-corrected chi connectivity index (χ2v) is 10.9. The SMILES string of the molecule is O=C(c1ccc(CS(=O)(=O)c2cccc3c(=O)[nH]cnc23)cc1)N1CCC(O)(CCC(F)(F)F)CC1. The Hall–Kier alpha value is -3.25. The van der Waals surface area contributed by atoms with Crippen LogP contribution < -0.4 is 5.56 Å². The predicted octanol–water partition coefficient (Wildman–Crippen LogP) is 3.21. The maximum Gasteiger partial charge on any atom is 0.389 e. The van der Waals surface area contributed by atoms with E-state index in [0.29, 0.717) is 11.1 Å². The summed E-state index contributed by atoms with van der Waals surface area (Å²) in [4.78, 5) is 32.6. The lowest BCUT2D eigenvalue weighted by molar-refractivity contribution is -0.150. The van der Waals surface area contributed by atoms with Crippen molar-refractivity contribution in [1.29, 1.82) is 0 Å². The Labute approximate surface area is 204 Å². The molecule has 2 N–H and O–H groups in total. The van der Waals surface area contributed by atoms with Gasteiger partial charge in [-0.2, -0.15) is 13.2 Å². The van der Waals surface area contributed by atoms with Crippen molar-refractivity contribution in [1.82, 2.24) is 14.9 Å². The van der Waals surface area contributed by atoms with E-state index in [-0.39, 0.29) is 53.4 Å². The maximum absolute atomic E-state index is 13.0. The second-order valence-electron chi connectivity index (χ2n) is 8.97. The van der Waals surface area contributed by atoms with E-state index in [9.17, 15) is 36.3 Å². The number of amides is 1. The molecule has 0 atom stereocenters. The number of carbonyl (C=O) groups is 1. The van der Waals surface area contributed by atoms with Gasteiger partial charge in [-0.15, -0.1) is 0 Å². The zero-order valence-electron chi connectivity index (χ0n) is 19.1. The zero-order chi connectivity index (χ0) is 26.1. The lowest BCUT2D eigenvalue weighted by Crippen LogP contribution is -2.47. The van der Waals surface area contributed by atoms with Crippen molar-refractivity contribution in [2.24, 2.45) is 0 Å². The lowest BCUT2D eigenvalue weighted by Gasteiger charge is -2.38. The largest absolute Gasteiger partial charge is 0.390 e. The molecule has 1 aromatic heterocycles. The van der Waals surface area contributed by atoms with Gasteiger partial charge < -0.3 is 15.0 Å². The number of aliphatic hydroxyl groups is 1. The number of nitrogens with one attached hydrogen (secondary N) is 1. The van der Waals surface area contributed by atoms with E-state index in [1.54, 1.807) is 0 Å². The standard InChI is InChI=1S/C24H24F3N3O5S/c25-24(26,27)9-8-23(33)10-12-30(13-11-23)22(32)17-6-4-16(5-7-17)14-36(34,35)19-3-1-2-18-20(19)28-15-29-21(18)31/h1-7,15,33H,8-14H2,(H,28,29,31). The first kappa shape index (κ1) is 25.8. The molecular weight excluding hydrogens is 499 g/mol. The van der Waals surface area contributed by atoms with E-state index in [0.717, 1.165) is 6.33 Å². The summed E-state index contributed by atoms with van der Waals surface area (Å²) >= 11 is 0. The minimum atomic E-state index is -4.35. The van der Waals surface area contributed by atoms with Crippen LogP contribution in [0.4, 0.5) is 13.2 Å². The van der Waals surface area contributed by atoms with Gasteiger partial charge in [0, 0.05) is 25.1 Å². The van der Waals surface area contributed by atoms with Crippen molar-refractivity contribution < 1.29 is 31.5 Å². The van der Waals surface area contributed by atoms with E-state index in [4.69, 9.17) is 0 Å². The molecule has 2 aromatic carbocycles. The molecule has 0 unspecified atom stereocenters.